The third-order valence-electron chi connectivity index (χ3n) is 6.36. The Kier molecular flexibility index (Phi) is 4.90. The highest BCUT2D eigenvalue weighted by molar-refractivity contribution is 6.29. The topological polar surface area (TPSA) is 88.2 Å². The van der Waals surface area contributed by atoms with Gasteiger partial charge in [0.25, 0.3) is 0 Å². The van der Waals surface area contributed by atoms with Gasteiger partial charge in [-0.05, 0) is 65.2 Å². The van der Waals surface area contributed by atoms with Gasteiger partial charge in [-0.1, -0.05) is 11.6 Å². The van der Waals surface area contributed by atoms with E-state index in [1.54, 1.807) is 4.52 Å². The number of imidazole rings is 1. The van der Waals surface area contributed by atoms with Crippen molar-refractivity contribution in [2.24, 2.45) is 0 Å². The fraction of sp³-hybridized carbons (Fsp3) is 0.545. The summed E-state index contributed by atoms with van der Waals surface area (Å²) in [7, 11) is 0. The molecule has 5 rings (SSSR count). The predicted molar refractivity (Wildman–Crippen MR) is 117 cm³/mol. The summed E-state index contributed by atoms with van der Waals surface area (Å²) in [4.78, 5) is 14.6. The standard InChI is InChI=1S/C22H27ClN6O/c1-13-20(26-16-6-4-3-5-15(16)24-13)18-12-29-21(27-18)17(11-19(23)28-29)25-14-7-9-22(2,30)10-8-14/h11-12,14,25,30H,3-10H2,1-2H3/t14-,22-. The van der Waals surface area contributed by atoms with E-state index in [4.69, 9.17) is 26.6 Å². The molecule has 0 aliphatic heterocycles. The second-order valence-corrected chi connectivity index (χ2v) is 9.34. The number of aryl methyl sites for hydroxylation is 3. The van der Waals surface area contributed by atoms with Crippen molar-refractivity contribution in [1.82, 2.24) is 24.6 Å². The molecule has 0 saturated heterocycles. The average Bonchev–Trinajstić information content (AvgIpc) is 3.13. The summed E-state index contributed by atoms with van der Waals surface area (Å²) in [5.41, 5.74) is 5.72. The zero-order chi connectivity index (χ0) is 20.9. The van der Waals surface area contributed by atoms with Crippen molar-refractivity contribution < 1.29 is 5.11 Å². The van der Waals surface area contributed by atoms with Crippen molar-refractivity contribution in [3.05, 3.63) is 34.5 Å². The van der Waals surface area contributed by atoms with Gasteiger partial charge in [-0.3, -0.25) is 4.98 Å². The quantitative estimate of drug-likeness (QED) is 0.654. The molecule has 0 spiro atoms. The van der Waals surface area contributed by atoms with E-state index in [0.29, 0.717) is 5.15 Å². The molecule has 0 aromatic carbocycles. The molecule has 0 atom stereocenters. The summed E-state index contributed by atoms with van der Waals surface area (Å²) < 4.78 is 1.72. The Labute approximate surface area is 180 Å². The van der Waals surface area contributed by atoms with Crippen LogP contribution in [0.15, 0.2) is 12.3 Å². The van der Waals surface area contributed by atoms with Gasteiger partial charge in [0.15, 0.2) is 10.8 Å². The molecule has 0 radical (unpaired) electrons. The first-order valence-electron chi connectivity index (χ1n) is 10.8. The molecule has 0 bridgehead atoms. The Hall–Kier alpha value is -2.25. The highest BCUT2D eigenvalue weighted by atomic mass is 35.5. The number of rotatable bonds is 3. The minimum absolute atomic E-state index is 0.276. The molecule has 2 aliphatic carbocycles. The van der Waals surface area contributed by atoms with Crippen molar-refractivity contribution >= 4 is 22.9 Å². The zero-order valence-corrected chi connectivity index (χ0v) is 18.2. The number of hydrogen-bond acceptors (Lipinski definition) is 6. The molecule has 3 aromatic heterocycles. The second kappa shape index (κ2) is 7.46. The van der Waals surface area contributed by atoms with Crippen LogP contribution in [0.25, 0.3) is 17.0 Å². The molecule has 3 heterocycles. The number of aromatic nitrogens is 5. The van der Waals surface area contributed by atoms with Crippen LogP contribution in [0.5, 0.6) is 0 Å². The summed E-state index contributed by atoms with van der Waals surface area (Å²) >= 11 is 6.30. The summed E-state index contributed by atoms with van der Waals surface area (Å²) in [6.45, 7) is 3.91. The van der Waals surface area contributed by atoms with Gasteiger partial charge in [-0.2, -0.15) is 5.10 Å². The molecule has 1 fully saturated rings. The van der Waals surface area contributed by atoms with Gasteiger partial charge in [0.05, 0.1) is 34.6 Å². The molecule has 158 valence electrons. The predicted octanol–water partition coefficient (Wildman–Crippen LogP) is 4.13. The van der Waals surface area contributed by atoms with E-state index in [-0.39, 0.29) is 6.04 Å². The highest BCUT2D eigenvalue weighted by Gasteiger charge is 2.29. The lowest BCUT2D eigenvalue weighted by atomic mass is 9.83. The van der Waals surface area contributed by atoms with Crippen LogP contribution in [0.1, 0.15) is 62.5 Å². The Morgan fingerprint density at radius 3 is 2.57 bits per heavy atom. The van der Waals surface area contributed by atoms with Crippen molar-refractivity contribution in [2.75, 3.05) is 5.32 Å². The minimum Gasteiger partial charge on any atom is -0.390 e. The monoisotopic (exact) mass is 426 g/mol. The second-order valence-electron chi connectivity index (χ2n) is 8.95. The van der Waals surface area contributed by atoms with Crippen LogP contribution < -0.4 is 5.32 Å². The summed E-state index contributed by atoms with van der Waals surface area (Å²) in [5.74, 6) is 0. The normalized spacial score (nSPS) is 24.1. The molecule has 1 saturated carbocycles. The SMILES string of the molecule is Cc1nc2c(nc1-c1cn3nc(Cl)cc(N[C@H]4CC[C@](C)(O)CC4)c3n1)CCCC2. The van der Waals surface area contributed by atoms with Gasteiger partial charge >= 0.3 is 0 Å². The van der Waals surface area contributed by atoms with Crippen LogP contribution >= 0.6 is 11.6 Å². The average molecular weight is 427 g/mol. The zero-order valence-electron chi connectivity index (χ0n) is 17.5. The van der Waals surface area contributed by atoms with Crippen LogP contribution in [-0.2, 0) is 12.8 Å². The van der Waals surface area contributed by atoms with E-state index in [1.165, 1.54) is 6.42 Å². The number of nitrogens with one attached hydrogen (secondary N) is 1. The van der Waals surface area contributed by atoms with Gasteiger partial charge < -0.3 is 10.4 Å². The lowest BCUT2D eigenvalue weighted by Gasteiger charge is -2.33. The van der Waals surface area contributed by atoms with Gasteiger partial charge in [0, 0.05) is 12.1 Å². The number of aliphatic hydroxyl groups is 1. The smallest absolute Gasteiger partial charge is 0.177 e. The van der Waals surface area contributed by atoms with Crippen molar-refractivity contribution in [3.63, 3.8) is 0 Å². The summed E-state index contributed by atoms with van der Waals surface area (Å²) in [6.07, 6.45) is 9.58. The molecule has 2 N–H and O–H groups in total. The van der Waals surface area contributed by atoms with E-state index in [2.05, 4.69) is 10.4 Å². The Morgan fingerprint density at radius 2 is 1.83 bits per heavy atom. The maximum Gasteiger partial charge on any atom is 0.177 e. The molecule has 30 heavy (non-hydrogen) atoms. The maximum atomic E-state index is 10.2. The number of fused-ring (bicyclic) bond motifs is 2. The summed E-state index contributed by atoms with van der Waals surface area (Å²) in [5, 5.41) is 18.6. The number of hydrogen-bond donors (Lipinski definition) is 2. The number of anilines is 1. The number of nitrogens with zero attached hydrogens (tertiary/aromatic N) is 5. The van der Waals surface area contributed by atoms with Gasteiger partial charge in [-0.25, -0.2) is 14.5 Å². The molecule has 0 amide bonds. The molecule has 7 nitrogen and oxygen atoms in total. The Morgan fingerprint density at radius 1 is 1.13 bits per heavy atom. The van der Waals surface area contributed by atoms with Crippen LogP contribution in [0.2, 0.25) is 5.15 Å². The summed E-state index contributed by atoms with van der Waals surface area (Å²) in [6, 6.07) is 2.10. The Balaban J connectivity index is 1.50. The van der Waals surface area contributed by atoms with Crippen LogP contribution in [0.4, 0.5) is 5.69 Å². The molecule has 0 unspecified atom stereocenters. The first-order chi connectivity index (χ1) is 14.4. The van der Waals surface area contributed by atoms with Gasteiger partial charge in [-0.15, -0.1) is 0 Å². The molecule has 3 aromatic rings. The van der Waals surface area contributed by atoms with E-state index >= 15 is 0 Å². The van der Waals surface area contributed by atoms with E-state index in [1.807, 2.05) is 26.1 Å². The fourth-order valence-corrected chi connectivity index (χ4v) is 4.79. The van der Waals surface area contributed by atoms with Crippen molar-refractivity contribution in [1.29, 1.82) is 0 Å². The van der Waals surface area contributed by atoms with Crippen LogP contribution in [0.3, 0.4) is 0 Å². The third kappa shape index (κ3) is 3.76. The van der Waals surface area contributed by atoms with Crippen molar-refractivity contribution in [2.45, 2.75) is 76.9 Å². The third-order valence-corrected chi connectivity index (χ3v) is 6.55. The highest BCUT2D eigenvalue weighted by Crippen LogP contribution is 2.32. The van der Waals surface area contributed by atoms with Gasteiger partial charge in [0.2, 0.25) is 0 Å². The molecule has 8 heteroatoms. The lowest BCUT2D eigenvalue weighted by molar-refractivity contribution is 0.0196. The first kappa shape index (κ1) is 19.7. The Bertz CT molecular complexity index is 1100. The minimum atomic E-state index is -0.563. The molecular weight excluding hydrogens is 400 g/mol. The fourth-order valence-electron chi connectivity index (χ4n) is 4.60. The van der Waals surface area contributed by atoms with E-state index < -0.39 is 5.60 Å². The van der Waals surface area contributed by atoms with Crippen LogP contribution in [-0.4, -0.2) is 41.3 Å². The molecular formula is C22H27ClN6O. The lowest BCUT2D eigenvalue weighted by Crippen LogP contribution is -2.35. The first-order valence-corrected chi connectivity index (χ1v) is 11.2. The number of halogens is 1. The molecule has 2 aliphatic rings. The van der Waals surface area contributed by atoms with E-state index in [0.717, 1.165) is 84.7 Å². The van der Waals surface area contributed by atoms with Crippen molar-refractivity contribution in [3.8, 4) is 11.4 Å². The largest absolute Gasteiger partial charge is 0.390 e. The van der Waals surface area contributed by atoms with Crippen LogP contribution in [0, 0.1) is 6.92 Å². The van der Waals surface area contributed by atoms with E-state index in [9.17, 15) is 5.11 Å². The maximum absolute atomic E-state index is 10.2. The van der Waals surface area contributed by atoms with Gasteiger partial charge in [0.1, 0.15) is 11.4 Å².